The second-order valence-corrected chi connectivity index (χ2v) is 7.53. The number of anilines is 1. The van der Waals surface area contributed by atoms with Gasteiger partial charge in [0.05, 0.1) is 36.3 Å². The van der Waals surface area contributed by atoms with Gasteiger partial charge < -0.3 is 15.0 Å². The molecule has 0 saturated heterocycles. The molecule has 1 unspecified atom stereocenters. The molecule has 0 radical (unpaired) electrons. The van der Waals surface area contributed by atoms with Crippen molar-refractivity contribution in [2.75, 3.05) is 11.9 Å². The standard InChI is InChI=1S/C24H20N6O3/c1-15(13-31)30-12-20(19-11-26-14-28-24(19)30)23(33)18-6-7-27-21(9-18)29-22(32)8-16-2-4-17(10-25)5-3-16/h2-7,9,11-12,14-15,31H,8,13H2,1H3,(H,27,29,32). The van der Waals surface area contributed by atoms with Crippen molar-refractivity contribution in [2.24, 2.45) is 0 Å². The molecular weight excluding hydrogens is 420 g/mol. The maximum absolute atomic E-state index is 13.3. The number of nitrogens with one attached hydrogen (secondary N) is 1. The molecule has 0 aliphatic rings. The molecule has 1 amide bonds. The average Bonchev–Trinajstić information content (AvgIpc) is 3.23. The number of fused-ring (bicyclic) bond motifs is 1. The molecule has 4 aromatic rings. The number of benzene rings is 1. The molecule has 3 heterocycles. The molecule has 1 aromatic carbocycles. The lowest BCUT2D eigenvalue weighted by Crippen LogP contribution is -2.16. The number of aliphatic hydroxyl groups is 1. The van der Waals surface area contributed by atoms with E-state index in [-0.39, 0.29) is 36.6 Å². The molecule has 1 atom stereocenters. The summed E-state index contributed by atoms with van der Waals surface area (Å²) in [5.74, 6) is -0.314. The van der Waals surface area contributed by atoms with Crippen LogP contribution >= 0.6 is 0 Å². The summed E-state index contributed by atoms with van der Waals surface area (Å²) in [4.78, 5) is 38.1. The van der Waals surface area contributed by atoms with E-state index in [1.807, 2.05) is 13.0 Å². The molecule has 164 valence electrons. The Balaban J connectivity index is 1.56. The zero-order valence-corrected chi connectivity index (χ0v) is 17.8. The first-order valence-corrected chi connectivity index (χ1v) is 10.2. The normalized spacial score (nSPS) is 11.7. The largest absolute Gasteiger partial charge is 0.394 e. The molecule has 0 bridgehead atoms. The minimum absolute atomic E-state index is 0.105. The number of pyridine rings is 1. The van der Waals surface area contributed by atoms with Crippen LogP contribution in [0.2, 0.25) is 0 Å². The molecule has 0 spiro atoms. The van der Waals surface area contributed by atoms with Gasteiger partial charge in [-0.2, -0.15) is 5.26 Å². The highest BCUT2D eigenvalue weighted by molar-refractivity contribution is 6.16. The van der Waals surface area contributed by atoms with Gasteiger partial charge >= 0.3 is 0 Å². The number of aliphatic hydroxyl groups excluding tert-OH is 1. The van der Waals surface area contributed by atoms with Gasteiger partial charge in [0.15, 0.2) is 5.78 Å². The van der Waals surface area contributed by atoms with Gasteiger partial charge in [0.2, 0.25) is 5.91 Å². The van der Waals surface area contributed by atoms with Gasteiger partial charge in [0.25, 0.3) is 0 Å². The average molecular weight is 440 g/mol. The fourth-order valence-electron chi connectivity index (χ4n) is 3.46. The molecule has 0 aliphatic heterocycles. The second-order valence-electron chi connectivity index (χ2n) is 7.53. The van der Waals surface area contributed by atoms with Gasteiger partial charge in [-0.3, -0.25) is 9.59 Å². The molecule has 33 heavy (non-hydrogen) atoms. The highest BCUT2D eigenvalue weighted by Gasteiger charge is 2.20. The maximum atomic E-state index is 13.3. The molecule has 0 fully saturated rings. The van der Waals surface area contributed by atoms with E-state index in [1.165, 1.54) is 18.6 Å². The van der Waals surface area contributed by atoms with Gasteiger partial charge in [-0.1, -0.05) is 12.1 Å². The van der Waals surface area contributed by atoms with Crippen LogP contribution in [0, 0.1) is 11.3 Å². The fraction of sp³-hybridized carbons (Fsp3) is 0.167. The smallest absolute Gasteiger partial charge is 0.229 e. The van der Waals surface area contributed by atoms with E-state index >= 15 is 0 Å². The first-order chi connectivity index (χ1) is 16.0. The maximum Gasteiger partial charge on any atom is 0.229 e. The van der Waals surface area contributed by atoms with E-state index in [9.17, 15) is 14.7 Å². The van der Waals surface area contributed by atoms with Gasteiger partial charge in [-0.15, -0.1) is 0 Å². The van der Waals surface area contributed by atoms with Crippen molar-refractivity contribution < 1.29 is 14.7 Å². The highest BCUT2D eigenvalue weighted by Crippen LogP contribution is 2.25. The summed E-state index contributed by atoms with van der Waals surface area (Å²) in [5, 5.41) is 21.7. The first kappa shape index (κ1) is 21.8. The summed E-state index contributed by atoms with van der Waals surface area (Å²) in [7, 11) is 0. The topological polar surface area (TPSA) is 134 Å². The van der Waals surface area contributed by atoms with Crippen LogP contribution in [0.15, 0.2) is 61.3 Å². The van der Waals surface area contributed by atoms with Crippen molar-refractivity contribution in [1.29, 1.82) is 5.26 Å². The Morgan fingerprint density at radius 3 is 2.73 bits per heavy atom. The molecule has 0 saturated carbocycles. The molecule has 9 heteroatoms. The number of nitrogens with zero attached hydrogens (tertiary/aromatic N) is 5. The van der Waals surface area contributed by atoms with E-state index in [0.717, 1.165) is 5.56 Å². The van der Waals surface area contributed by atoms with Gasteiger partial charge in [0.1, 0.15) is 17.8 Å². The molecule has 3 aromatic heterocycles. The van der Waals surface area contributed by atoms with Crippen molar-refractivity contribution in [1.82, 2.24) is 19.5 Å². The van der Waals surface area contributed by atoms with Crippen LogP contribution in [0.1, 0.15) is 40.0 Å². The minimum atomic E-state index is -0.293. The Bertz CT molecular complexity index is 1370. The molecule has 2 N–H and O–H groups in total. The van der Waals surface area contributed by atoms with Crippen LogP contribution in [0.5, 0.6) is 0 Å². The second kappa shape index (κ2) is 9.38. The Morgan fingerprint density at radius 2 is 2.00 bits per heavy atom. The van der Waals surface area contributed by atoms with Gasteiger partial charge in [-0.05, 0) is 36.8 Å². The number of hydrogen-bond donors (Lipinski definition) is 2. The summed E-state index contributed by atoms with van der Waals surface area (Å²) >= 11 is 0. The Morgan fingerprint density at radius 1 is 1.21 bits per heavy atom. The van der Waals surface area contributed by atoms with Crippen molar-refractivity contribution in [2.45, 2.75) is 19.4 Å². The number of carbonyl (C=O) groups is 2. The Labute approximate surface area is 189 Å². The Hall–Kier alpha value is -4.42. The van der Waals surface area contributed by atoms with Crippen molar-refractivity contribution >= 4 is 28.5 Å². The zero-order valence-electron chi connectivity index (χ0n) is 17.8. The number of aromatic nitrogens is 4. The molecule has 0 aliphatic carbocycles. The van der Waals surface area contributed by atoms with Crippen LogP contribution in [0.25, 0.3) is 11.0 Å². The monoisotopic (exact) mass is 440 g/mol. The SMILES string of the molecule is CC(CO)n1cc(C(=O)c2ccnc(NC(=O)Cc3ccc(C#N)cc3)c2)c2cncnc21. The lowest BCUT2D eigenvalue weighted by molar-refractivity contribution is -0.115. The Kier molecular flexibility index (Phi) is 6.20. The van der Waals surface area contributed by atoms with E-state index in [4.69, 9.17) is 5.26 Å². The van der Waals surface area contributed by atoms with Crippen LogP contribution in [0.4, 0.5) is 5.82 Å². The number of ketones is 1. The summed E-state index contributed by atoms with van der Waals surface area (Å²) in [6, 6.07) is 11.6. The molecule has 9 nitrogen and oxygen atoms in total. The predicted molar refractivity (Wildman–Crippen MR) is 120 cm³/mol. The number of rotatable bonds is 7. The van der Waals surface area contributed by atoms with Crippen molar-refractivity contribution in [3.05, 3.63) is 83.6 Å². The van der Waals surface area contributed by atoms with Gasteiger partial charge in [-0.25, -0.2) is 15.0 Å². The number of nitriles is 1. The summed E-state index contributed by atoms with van der Waals surface area (Å²) in [6.45, 7) is 1.72. The van der Waals surface area contributed by atoms with E-state index in [0.29, 0.717) is 27.7 Å². The van der Waals surface area contributed by atoms with Crippen molar-refractivity contribution in [3.63, 3.8) is 0 Å². The minimum Gasteiger partial charge on any atom is -0.394 e. The summed E-state index contributed by atoms with van der Waals surface area (Å²) in [5.41, 5.74) is 2.57. The van der Waals surface area contributed by atoms with Gasteiger partial charge in [0, 0.05) is 29.5 Å². The third-order valence-corrected chi connectivity index (χ3v) is 5.22. The van der Waals surface area contributed by atoms with E-state index < -0.39 is 0 Å². The molecular formula is C24H20N6O3. The third-order valence-electron chi connectivity index (χ3n) is 5.22. The summed E-state index contributed by atoms with van der Waals surface area (Å²) in [6.07, 6.45) is 6.18. The zero-order chi connectivity index (χ0) is 23.4. The number of amides is 1. The van der Waals surface area contributed by atoms with E-state index in [2.05, 4.69) is 20.3 Å². The van der Waals surface area contributed by atoms with Crippen LogP contribution in [-0.4, -0.2) is 42.9 Å². The number of hydrogen-bond acceptors (Lipinski definition) is 7. The molecule has 4 rings (SSSR count). The summed E-state index contributed by atoms with van der Waals surface area (Å²) < 4.78 is 1.74. The van der Waals surface area contributed by atoms with Crippen LogP contribution < -0.4 is 5.32 Å². The van der Waals surface area contributed by atoms with Crippen LogP contribution in [-0.2, 0) is 11.2 Å². The lowest BCUT2D eigenvalue weighted by Gasteiger charge is -2.10. The van der Waals surface area contributed by atoms with Crippen molar-refractivity contribution in [3.8, 4) is 6.07 Å². The fourth-order valence-corrected chi connectivity index (χ4v) is 3.46. The first-order valence-electron chi connectivity index (χ1n) is 10.2. The lowest BCUT2D eigenvalue weighted by atomic mass is 10.1. The highest BCUT2D eigenvalue weighted by atomic mass is 16.3. The van der Waals surface area contributed by atoms with E-state index in [1.54, 1.807) is 47.3 Å². The third kappa shape index (κ3) is 4.61. The van der Waals surface area contributed by atoms with Crippen LogP contribution in [0.3, 0.4) is 0 Å². The predicted octanol–water partition coefficient (Wildman–Crippen LogP) is 2.66. The quantitative estimate of drug-likeness (QED) is 0.422. The number of carbonyl (C=O) groups excluding carboxylic acids is 2.